The van der Waals surface area contributed by atoms with Gasteiger partial charge in [0.2, 0.25) is 10.0 Å². The van der Waals surface area contributed by atoms with Crippen molar-refractivity contribution in [2.45, 2.75) is 50.3 Å². The van der Waals surface area contributed by atoms with Crippen molar-refractivity contribution in [1.82, 2.24) is 14.2 Å². The smallest absolute Gasteiger partial charge is 0.260 e. The molecule has 0 unspecified atom stereocenters. The van der Waals surface area contributed by atoms with Crippen LogP contribution in [0.3, 0.4) is 0 Å². The number of carbonyl (C=O) groups is 1. The zero-order valence-corrected chi connectivity index (χ0v) is 24.9. The first-order valence-corrected chi connectivity index (χ1v) is 16.4. The van der Waals surface area contributed by atoms with Gasteiger partial charge in [-0.2, -0.15) is 4.31 Å². The Morgan fingerprint density at radius 2 is 1.65 bits per heavy atom. The van der Waals surface area contributed by atoms with Gasteiger partial charge in [0.25, 0.3) is 5.91 Å². The summed E-state index contributed by atoms with van der Waals surface area (Å²) in [5.41, 5.74) is 1.35. The second kappa shape index (κ2) is 13.7. The summed E-state index contributed by atoms with van der Waals surface area (Å²) in [4.78, 5) is 23.9. The lowest BCUT2D eigenvalue weighted by Gasteiger charge is -2.25. The summed E-state index contributed by atoms with van der Waals surface area (Å²) in [5, 5.41) is 0.655. The maximum Gasteiger partial charge on any atom is 0.260 e. The number of nitrogens with zero attached hydrogens (tertiary/aromatic N) is 4. The summed E-state index contributed by atoms with van der Waals surface area (Å²) < 4.78 is 28.8. The highest BCUT2D eigenvalue weighted by Gasteiger charge is 2.25. The minimum atomic E-state index is -3.60. The number of rotatable bonds is 14. The fourth-order valence-corrected chi connectivity index (χ4v) is 7.25. The predicted molar refractivity (Wildman–Crippen MR) is 157 cm³/mol. The van der Waals surface area contributed by atoms with E-state index in [9.17, 15) is 13.2 Å². The lowest BCUT2D eigenvalue weighted by Crippen LogP contribution is -2.39. The van der Waals surface area contributed by atoms with Gasteiger partial charge in [-0.25, -0.2) is 13.4 Å². The van der Waals surface area contributed by atoms with Crippen LogP contribution in [0.2, 0.25) is 0 Å². The quantitative estimate of drug-likeness (QED) is 0.231. The molecule has 0 saturated heterocycles. The van der Waals surface area contributed by atoms with E-state index in [0.29, 0.717) is 30.3 Å². The molecule has 202 valence electrons. The molecule has 3 rings (SSSR count). The molecule has 0 saturated carbocycles. The molecule has 0 radical (unpaired) electrons. The van der Waals surface area contributed by atoms with E-state index in [4.69, 9.17) is 4.98 Å². The average Bonchev–Trinajstić information content (AvgIpc) is 3.35. The SMILES string of the molecule is CCCCN(CC)S(=O)(=O)c1ccc(C(=O)N(CCN(CC)CC)c2nc3c(SC)cccc3s2)cc1. The molecule has 1 amide bonds. The number of para-hydroxylation sites is 1. The molecule has 10 heteroatoms. The van der Waals surface area contributed by atoms with Crippen LogP contribution in [0.25, 0.3) is 10.2 Å². The van der Waals surface area contributed by atoms with Gasteiger partial charge in [0, 0.05) is 36.6 Å². The summed E-state index contributed by atoms with van der Waals surface area (Å²) >= 11 is 3.14. The molecule has 0 aliphatic heterocycles. The maximum absolute atomic E-state index is 13.8. The molecule has 7 nitrogen and oxygen atoms in total. The van der Waals surface area contributed by atoms with Crippen LogP contribution < -0.4 is 4.90 Å². The number of carbonyl (C=O) groups excluding carboxylic acids is 1. The van der Waals surface area contributed by atoms with E-state index in [2.05, 4.69) is 18.7 Å². The van der Waals surface area contributed by atoms with Crippen molar-refractivity contribution in [2.24, 2.45) is 0 Å². The highest BCUT2D eigenvalue weighted by Crippen LogP contribution is 2.34. The summed E-state index contributed by atoms with van der Waals surface area (Å²) in [7, 11) is -3.60. The molecule has 0 aliphatic carbocycles. The van der Waals surface area contributed by atoms with Crippen molar-refractivity contribution >= 4 is 54.4 Å². The van der Waals surface area contributed by atoms with Gasteiger partial charge >= 0.3 is 0 Å². The fourth-order valence-electron chi connectivity index (χ4n) is 4.11. The molecular weight excluding hydrogens is 525 g/mol. The molecule has 2 aromatic carbocycles. The molecule has 0 spiro atoms. The number of hydrogen-bond donors (Lipinski definition) is 0. The van der Waals surface area contributed by atoms with Crippen molar-refractivity contribution < 1.29 is 13.2 Å². The standard InChI is InChI=1S/C27H38N4O3S3/c1-6-10-18-30(9-4)37(33,34)22-16-14-21(15-17-22)26(32)31(20-19-29(7-2)8-3)27-28-25-23(35-5)12-11-13-24(25)36-27/h11-17H,6-10,18-20H2,1-5H3. The molecule has 37 heavy (non-hydrogen) atoms. The second-order valence-electron chi connectivity index (χ2n) is 8.66. The van der Waals surface area contributed by atoms with E-state index in [0.717, 1.165) is 47.6 Å². The number of amides is 1. The number of sulfonamides is 1. The number of thiazole rings is 1. The van der Waals surface area contributed by atoms with E-state index in [1.165, 1.54) is 15.6 Å². The van der Waals surface area contributed by atoms with Gasteiger partial charge in [0.15, 0.2) is 5.13 Å². The Bertz CT molecular complexity index is 1270. The molecule has 0 atom stereocenters. The largest absolute Gasteiger partial charge is 0.302 e. The Hall–Kier alpha value is -1.98. The molecule has 3 aromatic rings. The van der Waals surface area contributed by atoms with Crippen LogP contribution in [-0.2, 0) is 10.0 Å². The zero-order valence-electron chi connectivity index (χ0n) is 22.4. The van der Waals surface area contributed by atoms with Crippen LogP contribution in [-0.4, -0.2) is 74.0 Å². The molecule has 0 N–H and O–H groups in total. The first-order chi connectivity index (χ1) is 17.8. The van der Waals surface area contributed by atoms with Gasteiger partial charge in [-0.3, -0.25) is 9.69 Å². The third-order valence-electron chi connectivity index (χ3n) is 6.45. The monoisotopic (exact) mass is 562 g/mol. The number of unbranched alkanes of at least 4 members (excludes halogenated alkanes) is 1. The lowest BCUT2D eigenvalue weighted by molar-refractivity contribution is 0.0983. The third kappa shape index (κ3) is 6.92. The Morgan fingerprint density at radius 1 is 0.946 bits per heavy atom. The molecule has 0 fully saturated rings. The topological polar surface area (TPSA) is 73.8 Å². The number of hydrogen-bond acceptors (Lipinski definition) is 7. The maximum atomic E-state index is 13.8. The molecule has 1 heterocycles. The molecule has 0 bridgehead atoms. The van der Waals surface area contributed by atoms with Crippen LogP contribution in [0.5, 0.6) is 0 Å². The van der Waals surface area contributed by atoms with Crippen molar-refractivity contribution in [3.63, 3.8) is 0 Å². The summed E-state index contributed by atoms with van der Waals surface area (Å²) in [6, 6.07) is 12.4. The Kier molecular flexibility index (Phi) is 11.0. The highest BCUT2D eigenvalue weighted by molar-refractivity contribution is 7.98. The van der Waals surface area contributed by atoms with E-state index < -0.39 is 10.0 Å². The van der Waals surface area contributed by atoms with Crippen LogP contribution in [0, 0.1) is 0 Å². The summed E-state index contributed by atoms with van der Waals surface area (Å²) in [5.74, 6) is -0.181. The van der Waals surface area contributed by atoms with Gasteiger partial charge in [-0.05, 0) is 62.2 Å². The van der Waals surface area contributed by atoms with Crippen LogP contribution in [0.1, 0.15) is 50.9 Å². The van der Waals surface area contributed by atoms with E-state index in [-0.39, 0.29) is 10.8 Å². The van der Waals surface area contributed by atoms with Gasteiger partial charge in [0.05, 0.1) is 15.1 Å². The zero-order chi connectivity index (χ0) is 27.0. The minimum absolute atomic E-state index is 0.181. The van der Waals surface area contributed by atoms with Crippen LogP contribution in [0.15, 0.2) is 52.3 Å². The Morgan fingerprint density at radius 3 is 2.24 bits per heavy atom. The van der Waals surface area contributed by atoms with E-state index in [1.54, 1.807) is 40.9 Å². The number of aromatic nitrogens is 1. The van der Waals surface area contributed by atoms with Gasteiger partial charge < -0.3 is 4.90 Å². The Balaban J connectivity index is 1.93. The number of likely N-dealkylation sites (N-methyl/N-ethyl adjacent to an activating group) is 1. The van der Waals surface area contributed by atoms with Gasteiger partial charge in [-0.1, -0.05) is 51.5 Å². The number of benzene rings is 2. The molecule has 1 aromatic heterocycles. The van der Waals surface area contributed by atoms with Crippen molar-refractivity contribution in [2.75, 3.05) is 50.4 Å². The van der Waals surface area contributed by atoms with Crippen LogP contribution in [0.4, 0.5) is 5.13 Å². The average molecular weight is 563 g/mol. The highest BCUT2D eigenvalue weighted by atomic mass is 32.2. The number of anilines is 1. The van der Waals surface area contributed by atoms with E-state index >= 15 is 0 Å². The number of thioether (sulfide) groups is 1. The first-order valence-electron chi connectivity index (χ1n) is 12.9. The molecular formula is C27H38N4O3S3. The second-order valence-corrected chi connectivity index (χ2v) is 12.5. The van der Waals surface area contributed by atoms with Crippen molar-refractivity contribution in [1.29, 1.82) is 0 Å². The van der Waals surface area contributed by atoms with Crippen molar-refractivity contribution in [3.05, 3.63) is 48.0 Å². The van der Waals surface area contributed by atoms with Crippen molar-refractivity contribution in [3.8, 4) is 0 Å². The minimum Gasteiger partial charge on any atom is -0.302 e. The summed E-state index contributed by atoms with van der Waals surface area (Å²) in [6.45, 7) is 12.0. The van der Waals surface area contributed by atoms with Gasteiger partial charge in [-0.15, -0.1) is 11.8 Å². The van der Waals surface area contributed by atoms with Crippen LogP contribution >= 0.6 is 23.1 Å². The van der Waals surface area contributed by atoms with Gasteiger partial charge in [0.1, 0.15) is 0 Å². The predicted octanol–water partition coefficient (Wildman–Crippen LogP) is 5.82. The van der Waals surface area contributed by atoms with E-state index in [1.807, 2.05) is 38.3 Å². The fraction of sp³-hybridized carbons (Fsp3) is 0.481. The Labute approximate surface area is 229 Å². The first kappa shape index (κ1) is 29.6. The normalized spacial score (nSPS) is 12.1. The number of fused-ring (bicyclic) bond motifs is 1. The summed E-state index contributed by atoms with van der Waals surface area (Å²) in [6.07, 6.45) is 3.76. The molecule has 0 aliphatic rings. The lowest BCUT2D eigenvalue weighted by atomic mass is 10.2. The third-order valence-corrected chi connectivity index (χ3v) is 10.3.